The molecule has 2 heterocycles. The first kappa shape index (κ1) is 13.9. The fourth-order valence-corrected chi connectivity index (χ4v) is 3.56. The van der Waals surface area contributed by atoms with Crippen LogP contribution in [0.1, 0.15) is 30.0 Å². The van der Waals surface area contributed by atoms with Crippen LogP contribution in [-0.4, -0.2) is 47.0 Å². The number of rotatable bonds is 1. The number of likely N-dealkylation sites (tertiary alicyclic amines) is 1. The highest BCUT2D eigenvalue weighted by molar-refractivity contribution is 5.77. The Morgan fingerprint density at radius 2 is 2.05 bits per heavy atom. The van der Waals surface area contributed by atoms with Gasteiger partial charge in [-0.25, -0.2) is 4.79 Å². The molecular formula is C16H20N2O3. The monoisotopic (exact) mass is 288 g/mol. The van der Waals surface area contributed by atoms with E-state index in [-0.39, 0.29) is 17.9 Å². The molecule has 0 saturated carbocycles. The Bertz CT molecular complexity index is 572. The minimum absolute atomic E-state index is 0.0752. The lowest BCUT2D eigenvalue weighted by Gasteiger charge is -2.42. The van der Waals surface area contributed by atoms with Crippen LogP contribution < -0.4 is 0 Å². The Morgan fingerprint density at radius 3 is 2.76 bits per heavy atom. The van der Waals surface area contributed by atoms with Gasteiger partial charge in [-0.05, 0) is 29.9 Å². The zero-order valence-corrected chi connectivity index (χ0v) is 12.2. The summed E-state index contributed by atoms with van der Waals surface area (Å²) < 4.78 is 0. The van der Waals surface area contributed by atoms with Gasteiger partial charge in [-0.15, -0.1) is 0 Å². The van der Waals surface area contributed by atoms with Crippen LogP contribution in [-0.2, 0) is 11.2 Å². The zero-order chi connectivity index (χ0) is 15.0. The van der Waals surface area contributed by atoms with E-state index in [9.17, 15) is 14.7 Å². The molecule has 1 fully saturated rings. The highest BCUT2D eigenvalue weighted by atomic mass is 16.4. The van der Waals surface area contributed by atoms with E-state index in [0.717, 1.165) is 18.4 Å². The zero-order valence-electron chi connectivity index (χ0n) is 12.2. The number of nitrogens with zero attached hydrogens (tertiary/aromatic N) is 2. The molecule has 2 atom stereocenters. The average molecular weight is 288 g/mol. The summed E-state index contributed by atoms with van der Waals surface area (Å²) in [4.78, 5) is 26.8. The number of amides is 2. The topological polar surface area (TPSA) is 60.9 Å². The molecule has 2 unspecified atom stereocenters. The van der Waals surface area contributed by atoms with Gasteiger partial charge in [-0.2, -0.15) is 0 Å². The minimum atomic E-state index is -0.888. The first-order chi connectivity index (χ1) is 10.1. The van der Waals surface area contributed by atoms with E-state index in [1.807, 2.05) is 25.2 Å². The van der Waals surface area contributed by atoms with Crippen LogP contribution in [0.3, 0.4) is 0 Å². The number of benzene rings is 1. The van der Waals surface area contributed by atoms with Crippen LogP contribution in [0.25, 0.3) is 0 Å². The molecule has 1 aromatic rings. The second-order valence-electron chi connectivity index (χ2n) is 5.94. The number of fused-ring (bicyclic) bond motifs is 1. The summed E-state index contributed by atoms with van der Waals surface area (Å²) >= 11 is 0. The fourth-order valence-electron chi connectivity index (χ4n) is 3.56. The van der Waals surface area contributed by atoms with Gasteiger partial charge in [0.1, 0.15) is 0 Å². The number of hydrogen-bond donors (Lipinski definition) is 1. The second kappa shape index (κ2) is 5.39. The number of hydrogen-bond acceptors (Lipinski definition) is 2. The van der Waals surface area contributed by atoms with Gasteiger partial charge >= 0.3 is 6.09 Å². The van der Waals surface area contributed by atoms with Crippen LogP contribution in [0, 0.1) is 5.92 Å². The molecule has 1 aromatic carbocycles. The summed E-state index contributed by atoms with van der Waals surface area (Å²) in [6, 6.07) is 7.83. The van der Waals surface area contributed by atoms with Crippen molar-refractivity contribution < 1.29 is 14.7 Å². The molecule has 1 saturated heterocycles. The van der Waals surface area contributed by atoms with Gasteiger partial charge in [0.15, 0.2) is 0 Å². The first-order valence-electron chi connectivity index (χ1n) is 7.39. The van der Waals surface area contributed by atoms with Gasteiger partial charge in [0.25, 0.3) is 0 Å². The lowest BCUT2D eigenvalue weighted by Crippen LogP contribution is -2.46. The highest BCUT2D eigenvalue weighted by Gasteiger charge is 2.39. The van der Waals surface area contributed by atoms with E-state index in [4.69, 9.17) is 0 Å². The van der Waals surface area contributed by atoms with Crippen molar-refractivity contribution in [3.63, 3.8) is 0 Å². The molecule has 0 aromatic heterocycles. The Balaban J connectivity index is 1.95. The van der Waals surface area contributed by atoms with Crippen LogP contribution in [0.2, 0.25) is 0 Å². The van der Waals surface area contributed by atoms with Crippen molar-refractivity contribution in [2.24, 2.45) is 5.92 Å². The smallest absolute Gasteiger partial charge is 0.407 e. The fraction of sp³-hybridized carbons (Fsp3) is 0.500. The van der Waals surface area contributed by atoms with E-state index < -0.39 is 6.09 Å². The number of piperidine rings is 1. The molecule has 0 radical (unpaired) electrons. The SMILES string of the molecule is CN1CCC(C2c3ccccc3CCN2C(=O)O)CC1=O. The molecule has 0 spiro atoms. The molecule has 5 nitrogen and oxygen atoms in total. The van der Waals surface area contributed by atoms with Gasteiger partial charge < -0.3 is 14.9 Å². The Labute approximate surface area is 124 Å². The van der Waals surface area contributed by atoms with Crippen molar-refractivity contribution >= 4 is 12.0 Å². The molecule has 2 amide bonds. The van der Waals surface area contributed by atoms with E-state index in [0.29, 0.717) is 19.5 Å². The van der Waals surface area contributed by atoms with Gasteiger partial charge in [0.05, 0.1) is 6.04 Å². The van der Waals surface area contributed by atoms with Crippen LogP contribution in [0.5, 0.6) is 0 Å². The molecular weight excluding hydrogens is 268 g/mol. The normalized spacial score (nSPS) is 25.7. The van der Waals surface area contributed by atoms with Crippen LogP contribution in [0.15, 0.2) is 24.3 Å². The Kier molecular flexibility index (Phi) is 3.57. The van der Waals surface area contributed by atoms with Gasteiger partial charge in [-0.3, -0.25) is 4.79 Å². The quantitative estimate of drug-likeness (QED) is 0.861. The molecule has 0 bridgehead atoms. The maximum atomic E-state index is 12.0. The third kappa shape index (κ3) is 2.48. The second-order valence-corrected chi connectivity index (χ2v) is 5.94. The molecule has 5 heteroatoms. The summed E-state index contributed by atoms with van der Waals surface area (Å²) in [5.41, 5.74) is 2.29. The van der Waals surface area contributed by atoms with E-state index >= 15 is 0 Å². The number of carboxylic acid groups (broad SMARTS) is 1. The van der Waals surface area contributed by atoms with Crippen LogP contribution >= 0.6 is 0 Å². The minimum Gasteiger partial charge on any atom is -0.465 e. The lowest BCUT2D eigenvalue weighted by molar-refractivity contribution is -0.134. The predicted molar refractivity (Wildman–Crippen MR) is 78.0 cm³/mol. The summed E-state index contributed by atoms with van der Waals surface area (Å²) in [6.45, 7) is 1.22. The van der Waals surface area contributed by atoms with Crippen molar-refractivity contribution in [2.75, 3.05) is 20.1 Å². The molecule has 0 aliphatic carbocycles. The molecule has 1 N–H and O–H groups in total. The van der Waals surface area contributed by atoms with Crippen molar-refractivity contribution in [3.05, 3.63) is 35.4 Å². The number of carbonyl (C=O) groups is 2. The van der Waals surface area contributed by atoms with Gasteiger partial charge in [0, 0.05) is 26.6 Å². The van der Waals surface area contributed by atoms with E-state index in [2.05, 4.69) is 6.07 Å². The average Bonchev–Trinajstić information content (AvgIpc) is 2.49. The number of carbonyl (C=O) groups excluding carboxylic acids is 1. The molecule has 112 valence electrons. The maximum absolute atomic E-state index is 12.0. The Hall–Kier alpha value is -2.04. The lowest BCUT2D eigenvalue weighted by atomic mass is 9.80. The molecule has 2 aliphatic rings. The summed E-state index contributed by atoms with van der Waals surface area (Å²) in [6.07, 6.45) is 1.14. The van der Waals surface area contributed by atoms with Gasteiger partial charge in [0.2, 0.25) is 5.91 Å². The Morgan fingerprint density at radius 1 is 1.29 bits per heavy atom. The first-order valence-corrected chi connectivity index (χ1v) is 7.39. The van der Waals surface area contributed by atoms with Crippen LogP contribution in [0.4, 0.5) is 4.79 Å². The standard InChI is InChI=1S/C16H20N2O3/c1-17-8-6-12(10-14(17)19)15-13-5-3-2-4-11(13)7-9-18(15)16(20)21/h2-5,12,15H,6-10H2,1H3,(H,20,21). The summed E-state index contributed by atoms with van der Waals surface area (Å²) in [5.74, 6) is 0.186. The van der Waals surface area contributed by atoms with E-state index in [1.165, 1.54) is 10.5 Å². The largest absolute Gasteiger partial charge is 0.465 e. The molecule has 21 heavy (non-hydrogen) atoms. The molecule has 3 rings (SSSR count). The third-order valence-corrected chi connectivity index (χ3v) is 4.72. The van der Waals surface area contributed by atoms with Crippen molar-refractivity contribution in [1.29, 1.82) is 0 Å². The van der Waals surface area contributed by atoms with Crippen molar-refractivity contribution in [3.8, 4) is 0 Å². The van der Waals surface area contributed by atoms with Crippen molar-refractivity contribution in [1.82, 2.24) is 9.80 Å². The summed E-state index contributed by atoms with van der Waals surface area (Å²) in [7, 11) is 1.81. The van der Waals surface area contributed by atoms with E-state index in [1.54, 1.807) is 4.90 Å². The van der Waals surface area contributed by atoms with Crippen molar-refractivity contribution in [2.45, 2.75) is 25.3 Å². The maximum Gasteiger partial charge on any atom is 0.407 e. The predicted octanol–water partition coefficient (Wildman–Crippen LogP) is 2.13. The molecule has 2 aliphatic heterocycles. The highest BCUT2D eigenvalue weighted by Crippen LogP contribution is 2.39. The van der Waals surface area contributed by atoms with Gasteiger partial charge in [-0.1, -0.05) is 24.3 Å². The summed E-state index contributed by atoms with van der Waals surface area (Å²) in [5, 5.41) is 9.51. The third-order valence-electron chi connectivity index (χ3n) is 4.72.